The molecule has 2 aromatic carbocycles. The van der Waals surface area contributed by atoms with E-state index in [-0.39, 0.29) is 11.3 Å². The average Bonchev–Trinajstić information content (AvgIpc) is 3.03. The first-order chi connectivity index (χ1) is 13.3. The lowest BCUT2D eigenvalue weighted by Gasteiger charge is -2.10. The van der Waals surface area contributed by atoms with E-state index in [1.54, 1.807) is 11.6 Å². The summed E-state index contributed by atoms with van der Waals surface area (Å²) in [5.41, 5.74) is 0.430. The van der Waals surface area contributed by atoms with Crippen molar-refractivity contribution in [1.82, 2.24) is 15.1 Å². The fraction of sp³-hybridized carbons (Fsp3) is 0.105. The summed E-state index contributed by atoms with van der Waals surface area (Å²) in [6.07, 6.45) is -3.22. The zero-order valence-corrected chi connectivity index (χ0v) is 14.6. The monoisotopic (exact) mass is 388 g/mol. The Bertz CT molecular complexity index is 1010. The summed E-state index contributed by atoms with van der Waals surface area (Å²) in [6, 6.07) is 12.3. The molecule has 3 aromatic rings. The van der Waals surface area contributed by atoms with Crippen LogP contribution in [0.3, 0.4) is 0 Å². The van der Waals surface area contributed by atoms with Crippen LogP contribution in [0.25, 0.3) is 5.69 Å². The van der Waals surface area contributed by atoms with Gasteiger partial charge in [0.25, 0.3) is 5.91 Å². The first-order valence-corrected chi connectivity index (χ1v) is 8.15. The third kappa shape index (κ3) is 4.20. The van der Waals surface area contributed by atoms with Crippen molar-refractivity contribution in [2.24, 2.45) is 0 Å². The van der Waals surface area contributed by atoms with E-state index in [1.165, 1.54) is 12.3 Å². The molecule has 0 unspecified atom stereocenters. The van der Waals surface area contributed by atoms with Gasteiger partial charge in [-0.1, -0.05) is 24.3 Å². The highest BCUT2D eigenvalue weighted by Crippen LogP contribution is 2.30. The second-order valence-corrected chi connectivity index (χ2v) is 5.88. The van der Waals surface area contributed by atoms with Crippen LogP contribution in [0, 0.1) is 6.92 Å². The third-order valence-electron chi connectivity index (χ3n) is 3.93. The van der Waals surface area contributed by atoms with Gasteiger partial charge >= 0.3 is 12.2 Å². The van der Waals surface area contributed by atoms with Crippen LogP contribution in [0.4, 0.5) is 23.7 Å². The van der Waals surface area contributed by atoms with Gasteiger partial charge in [-0.05, 0) is 37.3 Å². The number of alkyl halides is 3. The standard InChI is InChI=1S/C19H15F3N4O2/c1-12-16(11-23-26(12)15-8-3-2-4-9-15)17(27)25-18(28)24-14-7-5-6-13(10-14)19(20,21)22/h2-11H,1H3,(H2,24,25,27,28). The maximum atomic E-state index is 12.7. The Hall–Kier alpha value is -3.62. The molecule has 0 spiro atoms. The Morgan fingerprint density at radius 1 is 1.04 bits per heavy atom. The fourth-order valence-electron chi connectivity index (χ4n) is 2.57. The third-order valence-corrected chi connectivity index (χ3v) is 3.93. The lowest BCUT2D eigenvalue weighted by atomic mass is 10.2. The van der Waals surface area contributed by atoms with Crippen molar-refractivity contribution in [3.63, 3.8) is 0 Å². The first-order valence-electron chi connectivity index (χ1n) is 8.15. The Balaban J connectivity index is 1.70. The lowest BCUT2D eigenvalue weighted by molar-refractivity contribution is -0.137. The van der Waals surface area contributed by atoms with E-state index in [4.69, 9.17) is 0 Å². The lowest BCUT2D eigenvalue weighted by Crippen LogP contribution is -2.34. The smallest absolute Gasteiger partial charge is 0.308 e. The molecule has 28 heavy (non-hydrogen) atoms. The van der Waals surface area contributed by atoms with Crippen LogP contribution < -0.4 is 10.6 Å². The topological polar surface area (TPSA) is 76.0 Å². The number of hydrogen-bond donors (Lipinski definition) is 2. The molecule has 3 amide bonds. The predicted molar refractivity (Wildman–Crippen MR) is 96.2 cm³/mol. The quantitative estimate of drug-likeness (QED) is 0.707. The molecular weight excluding hydrogens is 373 g/mol. The largest absolute Gasteiger partial charge is 0.416 e. The van der Waals surface area contributed by atoms with Crippen LogP contribution >= 0.6 is 0 Å². The van der Waals surface area contributed by atoms with E-state index in [9.17, 15) is 22.8 Å². The number of rotatable bonds is 3. The van der Waals surface area contributed by atoms with Crippen LogP contribution in [-0.4, -0.2) is 21.7 Å². The molecule has 1 aromatic heterocycles. The Kier molecular flexibility index (Phi) is 5.16. The minimum atomic E-state index is -4.53. The number of para-hydroxylation sites is 1. The van der Waals surface area contributed by atoms with Crippen LogP contribution in [0.1, 0.15) is 21.6 Å². The minimum absolute atomic E-state index is 0.0863. The van der Waals surface area contributed by atoms with E-state index in [0.717, 1.165) is 23.9 Å². The van der Waals surface area contributed by atoms with E-state index in [0.29, 0.717) is 5.69 Å². The van der Waals surface area contributed by atoms with E-state index in [2.05, 4.69) is 15.7 Å². The highest BCUT2D eigenvalue weighted by atomic mass is 19.4. The van der Waals surface area contributed by atoms with Crippen molar-refractivity contribution in [2.45, 2.75) is 13.1 Å². The van der Waals surface area contributed by atoms with E-state index in [1.807, 2.05) is 30.3 Å². The summed E-state index contributed by atoms with van der Waals surface area (Å²) in [5, 5.41) is 8.44. The number of carbonyl (C=O) groups is 2. The number of aromatic nitrogens is 2. The van der Waals surface area contributed by atoms with Crippen LogP contribution in [0.5, 0.6) is 0 Å². The predicted octanol–water partition coefficient (Wildman–Crippen LogP) is 4.16. The van der Waals surface area contributed by atoms with Crippen molar-refractivity contribution < 1.29 is 22.8 Å². The molecular formula is C19H15F3N4O2. The summed E-state index contributed by atoms with van der Waals surface area (Å²) in [6.45, 7) is 1.67. The Morgan fingerprint density at radius 2 is 1.75 bits per heavy atom. The number of hydrogen-bond acceptors (Lipinski definition) is 3. The first kappa shape index (κ1) is 19.2. The van der Waals surface area contributed by atoms with Gasteiger partial charge in [0.15, 0.2) is 0 Å². The second kappa shape index (κ2) is 7.55. The molecule has 0 saturated heterocycles. The number of halogens is 3. The molecule has 0 fully saturated rings. The van der Waals surface area contributed by atoms with Crippen molar-refractivity contribution in [2.75, 3.05) is 5.32 Å². The molecule has 144 valence electrons. The van der Waals surface area contributed by atoms with Gasteiger partial charge in [-0.25, -0.2) is 9.48 Å². The fourth-order valence-corrected chi connectivity index (χ4v) is 2.57. The highest BCUT2D eigenvalue weighted by molar-refractivity contribution is 6.08. The molecule has 1 heterocycles. The van der Waals surface area contributed by atoms with E-state index >= 15 is 0 Å². The van der Waals surface area contributed by atoms with Gasteiger partial charge in [0.2, 0.25) is 0 Å². The van der Waals surface area contributed by atoms with Gasteiger partial charge in [0.05, 0.1) is 28.7 Å². The molecule has 9 heteroatoms. The van der Waals surface area contributed by atoms with Crippen molar-refractivity contribution in [3.05, 3.63) is 77.6 Å². The zero-order chi connectivity index (χ0) is 20.3. The molecule has 2 N–H and O–H groups in total. The molecule has 0 aliphatic heterocycles. The second-order valence-electron chi connectivity index (χ2n) is 5.88. The molecule has 0 radical (unpaired) electrons. The van der Waals surface area contributed by atoms with Crippen LogP contribution in [0.15, 0.2) is 60.8 Å². The molecule has 0 atom stereocenters. The van der Waals surface area contributed by atoms with Gasteiger partial charge < -0.3 is 5.32 Å². The number of anilines is 1. The molecule has 0 saturated carbocycles. The SMILES string of the molecule is Cc1c(C(=O)NC(=O)Nc2cccc(C(F)(F)F)c2)cnn1-c1ccccc1. The summed E-state index contributed by atoms with van der Waals surface area (Å²) in [4.78, 5) is 24.3. The molecule has 0 aliphatic carbocycles. The van der Waals surface area contributed by atoms with Gasteiger partial charge in [-0.2, -0.15) is 18.3 Å². The summed E-state index contributed by atoms with van der Waals surface area (Å²) in [7, 11) is 0. The van der Waals surface area contributed by atoms with Gasteiger partial charge in [-0.15, -0.1) is 0 Å². The van der Waals surface area contributed by atoms with Crippen molar-refractivity contribution in [3.8, 4) is 5.69 Å². The molecule has 0 aliphatic rings. The molecule has 0 bridgehead atoms. The Morgan fingerprint density at radius 3 is 2.43 bits per heavy atom. The van der Waals surface area contributed by atoms with Crippen molar-refractivity contribution >= 4 is 17.6 Å². The molecule has 6 nitrogen and oxygen atoms in total. The van der Waals surface area contributed by atoms with Gasteiger partial charge in [0, 0.05) is 5.69 Å². The van der Waals surface area contributed by atoms with Crippen molar-refractivity contribution in [1.29, 1.82) is 0 Å². The zero-order valence-electron chi connectivity index (χ0n) is 14.6. The number of nitrogens with zero attached hydrogens (tertiary/aromatic N) is 2. The summed E-state index contributed by atoms with van der Waals surface area (Å²) < 4.78 is 39.7. The summed E-state index contributed by atoms with van der Waals surface area (Å²) >= 11 is 0. The highest BCUT2D eigenvalue weighted by Gasteiger charge is 2.30. The number of carbonyl (C=O) groups excluding carboxylic acids is 2. The average molecular weight is 388 g/mol. The number of nitrogens with one attached hydrogen (secondary N) is 2. The van der Waals surface area contributed by atoms with Gasteiger partial charge in [-0.3, -0.25) is 10.1 Å². The molecule has 3 rings (SSSR count). The van der Waals surface area contributed by atoms with E-state index < -0.39 is 23.7 Å². The number of amides is 3. The number of imide groups is 1. The summed E-state index contributed by atoms with van der Waals surface area (Å²) in [5.74, 6) is -0.718. The number of urea groups is 1. The maximum absolute atomic E-state index is 12.7. The minimum Gasteiger partial charge on any atom is -0.308 e. The normalized spacial score (nSPS) is 11.1. The van der Waals surface area contributed by atoms with Gasteiger partial charge in [0.1, 0.15) is 0 Å². The Labute approximate surface area is 158 Å². The van der Waals surface area contributed by atoms with Crippen LogP contribution in [-0.2, 0) is 6.18 Å². The number of benzene rings is 2. The maximum Gasteiger partial charge on any atom is 0.416 e. The van der Waals surface area contributed by atoms with Crippen LogP contribution in [0.2, 0.25) is 0 Å².